The Morgan fingerprint density at radius 2 is 1.88 bits per heavy atom. The van der Waals surface area contributed by atoms with Crippen LogP contribution >= 0.6 is 0 Å². The number of rotatable bonds is 6. The van der Waals surface area contributed by atoms with Gasteiger partial charge in [-0.3, -0.25) is 4.90 Å². The first-order valence-electron chi connectivity index (χ1n) is 8.53. The van der Waals surface area contributed by atoms with E-state index in [1.807, 2.05) is 45.0 Å². The van der Waals surface area contributed by atoms with E-state index in [1.54, 1.807) is 0 Å². The molecule has 134 valence electrons. The Kier molecular flexibility index (Phi) is 6.45. The summed E-state index contributed by atoms with van der Waals surface area (Å²) in [5, 5.41) is 8.83. The van der Waals surface area contributed by atoms with Gasteiger partial charge in [-0.1, -0.05) is 0 Å². The summed E-state index contributed by atoms with van der Waals surface area (Å²) in [6, 6.07) is 7.42. The second kappa shape index (κ2) is 8.35. The van der Waals surface area contributed by atoms with Crippen LogP contribution in [-0.2, 0) is 4.74 Å². The number of hydrogen-bond donors (Lipinski definition) is 2. The van der Waals surface area contributed by atoms with Gasteiger partial charge in [-0.15, -0.1) is 0 Å². The summed E-state index contributed by atoms with van der Waals surface area (Å²) in [5.74, 6) is 0.815. The molecule has 0 atom stereocenters. The molecule has 0 aliphatic heterocycles. The third-order valence-corrected chi connectivity index (χ3v) is 3.81. The highest BCUT2D eigenvalue weighted by atomic mass is 16.6. The lowest BCUT2D eigenvalue weighted by Gasteiger charge is -2.27. The van der Waals surface area contributed by atoms with Crippen molar-refractivity contribution >= 4 is 11.8 Å². The fraction of sp³-hybridized carbons (Fsp3) is 0.611. The zero-order chi connectivity index (χ0) is 17.6. The molecule has 0 bridgehead atoms. The van der Waals surface area contributed by atoms with E-state index in [0.29, 0.717) is 18.3 Å². The number of benzene rings is 1. The highest BCUT2D eigenvalue weighted by Gasteiger charge is 2.23. The number of amides is 1. The van der Waals surface area contributed by atoms with E-state index < -0.39 is 11.7 Å². The molecule has 1 aromatic rings. The molecule has 2 N–H and O–H groups in total. The maximum atomic E-state index is 12.4. The molecular formula is C18H28N2O4. The van der Waals surface area contributed by atoms with Gasteiger partial charge in [-0.25, -0.2) is 10.3 Å². The molecule has 6 nitrogen and oxygen atoms in total. The molecule has 0 unspecified atom stereocenters. The van der Waals surface area contributed by atoms with Gasteiger partial charge < -0.3 is 14.7 Å². The van der Waals surface area contributed by atoms with Crippen LogP contribution in [0.4, 0.5) is 10.5 Å². The van der Waals surface area contributed by atoms with E-state index in [2.05, 4.69) is 5.48 Å². The lowest BCUT2D eigenvalue weighted by Crippen LogP contribution is -2.40. The van der Waals surface area contributed by atoms with Gasteiger partial charge in [0.1, 0.15) is 11.4 Å². The first-order chi connectivity index (χ1) is 11.4. The Balaban J connectivity index is 2.05. The molecule has 0 aromatic heterocycles. The molecule has 1 amide bonds. The van der Waals surface area contributed by atoms with Crippen LogP contribution in [0.3, 0.4) is 0 Å². The zero-order valence-electron chi connectivity index (χ0n) is 14.7. The van der Waals surface area contributed by atoms with Crippen LogP contribution in [0.1, 0.15) is 46.5 Å². The Morgan fingerprint density at radius 1 is 1.25 bits per heavy atom. The summed E-state index contributed by atoms with van der Waals surface area (Å²) in [6.07, 6.45) is 4.52. The second-order valence-electron chi connectivity index (χ2n) is 7.06. The van der Waals surface area contributed by atoms with Crippen molar-refractivity contribution in [3.8, 4) is 5.75 Å². The van der Waals surface area contributed by atoms with Crippen LogP contribution < -0.4 is 15.1 Å². The minimum absolute atomic E-state index is 0.250. The van der Waals surface area contributed by atoms with Crippen molar-refractivity contribution in [2.45, 2.75) is 58.2 Å². The molecule has 1 aliphatic carbocycles. The smallest absolute Gasteiger partial charge is 0.414 e. The molecule has 0 spiro atoms. The van der Waals surface area contributed by atoms with Crippen LogP contribution in [0, 0.1) is 0 Å². The maximum absolute atomic E-state index is 12.4. The number of anilines is 1. The van der Waals surface area contributed by atoms with Gasteiger partial charge >= 0.3 is 6.09 Å². The number of hydroxylamine groups is 1. The van der Waals surface area contributed by atoms with Crippen molar-refractivity contribution in [2.75, 3.05) is 18.0 Å². The zero-order valence-corrected chi connectivity index (χ0v) is 14.7. The second-order valence-corrected chi connectivity index (χ2v) is 7.06. The normalized spacial score (nSPS) is 15.3. The van der Waals surface area contributed by atoms with Crippen molar-refractivity contribution in [1.29, 1.82) is 0 Å². The fourth-order valence-corrected chi connectivity index (χ4v) is 2.71. The lowest BCUT2D eigenvalue weighted by atomic mass is 10.2. The summed E-state index contributed by atoms with van der Waals surface area (Å²) < 4.78 is 11.4. The summed E-state index contributed by atoms with van der Waals surface area (Å²) in [7, 11) is 0. The van der Waals surface area contributed by atoms with Crippen molar-refractivity contribution in [3.63, 3.8) is 0 Å². The molecule has 2 rings (SSSR count). The first kappa shape index (κ1) is 18.5. The van der Waals surface area contributed by atoms with E-state index in [1.165, 1.54) is 17.7 Å². The Bertz CT molecular complexity index is 519. The van der Waals surface area contributed by atoms with Crippen molar-refractivity contribution in [1.82, 2.24) is 5.48 Å². The molecule has 6 heteroatoms. The van der Waals surface area contributed by atoms with E-state index in [9.17, 15) is 4.79 Å². The van der Waals surface area contributed by atoms with Gasteiger partial charge in [-0.2, -0.15) is 0 Å². The quantitative estimate of drug-likeness (QED) is 0.775. The lowest BCUT2D eigenvalue weighted by molar-refractivity contribution is 0.0576. The number of hydrogen-bond acceptors (Lipinski definition) is 5. The molecule has 1 saturated carbocycles. The largest absolute Gasteiger partial charge is 0.490 e. The van der Waals surface area contributed by atoms with E-state index in [4.69, 9.17) is 14.7 Å². The van der Waals surface area contributed by atoms with Crippen LogP contribution in [-0.4, -0.2) is 36.1 Å². The number of ether oxygens (including phenoxy) is 2. The summed E-state index contributed by atoms with van der Waals surface area (Å²) >= 11 is 0. The average molecular weight is 336 g/mol. The number of nitrogens with zero attached hydrogens (tertiary/aromatic N) is 1. The van der Waals surface area contributed by atoms with Gasteiger partial charge in [0.25, 0.3) is 0 Å². The predicted molar refractivity (Wildman–Crippen MR) is 92.7 cm³/mol. The molecule has 1 fully saturated rings. The average Bonchev–Trinajstić information content (AvgIpc) is 3.00. The summed E-state index contributed by atoms with van der Waals surface area (Å²) in [6.45, 7) is 6.03. The molecule has 1 aliphatic rings. The summed E-state index contributed by atoms with van der Waals surface area (Å²) in [5.41, 5.74) is 2.20. The molecule has 1 aromatic carbocycles. The predicted octanol–water partition coefficient (Wildman–Crippen LogP) is 3.73. The Morgan fingerprint density at radius 3 is 2.42 bits per heavy atom. The van der Waals surface area contributed by atoms with Gasteiger partial charge in [-0.05, 0) is 70.7 Å². The molecule has 24 heavy (non-hydrogen) atoms. The molecule has 0 saturated heterocycles. The third-order valence-electron chi connectivity index (χ3n) is 3.81. The highest BCUT2D eigenvalue weighted by Crippen LogP contribution is 2.26. The SMILES string of the molecule is CC(C)(C)OC(=O)N(CCNO)c1ccc(OC2CCCC2)cc1. The maximum Gasteiger partial charge on any atom is 0.414 e. The van der Waals surface area contributed by atoms with E-state index in [-0.39, 0.29) is 6.54 Å². The van der Waals surface area contributed by atoms with E-state index in [0.717, 1.165) is 18.6 Å². The van der Waals surface area contributed by atoms with Gasteiger partial charge in [0, 0.05) is 18.8 Å². The van der Waals surface area contributed by atoms with Crippen molar-refractivity contribution in [3.05, 3.63) is 24.3 Å². The molecular weight excluding hydrogens is 308 g/mol. The monoisotopic (exact) mass is 336 g/mol. The van der Waals surface area contributed by atoms with E-state index >= 15 is 0 Å². The molecule has 0 heterocycles. The topological polar surface area (TPSA) is 71.0 Å². The molecule has 0 radical (unpaired) electrons. The fourth-order valence-electron chi connectivity index (χ4n) is 2.71. The van der Waals surface area contributed by atoms with Crippen LogP contribution in [0.2, 0.25) is 0 Å². The van der Waals surface area contributed by atoms with Gasteiger partial charge in [0.05, 0.1) is 6.10 Å². The Hall–Kier alpha value is -1.79. The van der Waals surface area contributed by atoms with Crippen molar-refractivity contribution in [2.24, 2.45) is 0 Å². The Labute approximate surface area is 143 Å². The van der Waals surface area contributed by atoms with Crippen LogP contribution in [0.25, 0.3) is 0 Å². The number of nitrogens with one attached hydrogen (secondary N) is 1. The van der Waals surface area contributed by atoms with Crippen molar-refractivity contribution < 1.29 is 19.5 Å². The van der Waals surface area contributed by atoms with Gasteiger partial charge in [0.15, 0.2) is 0 Å². The van der Waals surface area contributed by atoms with Crippen LogP contribution in [0.15, 0.2) is 24.3 Å². The number of carbonyl (C=O) groups excluding carboxylic acids is 1. The summed E-state index contributed by atoms with van der Waals surface area (Å²) in [4.78, 5) is 13.9. The number of carbonyl (C=O) groups is 1. The third kappa shape index (κ3) is 5.69. The van der Waals surface area contributed by atoms with Gasteiger partial charge in [0.2, 0.25) is 0 Å². The minimum atomic E-state index is -0.576. The highest BCUT2D eigenvalue weighted by molar-refractivity contribution is 5.88. The standard InChI is InChI=1S/C18H28N2O4/c1-18(2,3)24-17(21)20(13-12-19-22)14-8-10-16(11-9-14)23-15-6-4-5-7-15/h8-11,15,19,22H,4-7,12-13H2,1-3H3. The minimum Gasteiger partial charge on any atom is -0.490 e. The van der Waals surface area contributed by atoms with Crippen LogP contribution in [0.5, 0.6) is 5.75 Å². The first-order valence-corrected chi connectivity index (χ1v) is 8.53.